The average Bonchev–Trinajstić information content (AvgIpc) is 2.58. The van der Waals surface area contributed by atoms with Gasteiger partial charge in [0.2, 0.25) is 5.91 Å². The van der Waals surface area contributed by atoms with E-state index in [-0.39, 0.29) is 5.91 Å². The number of amides is 1. The van der Waals surface area contributed by atoms with Crippen molar-refractivity contribution in [2.45, 2.75) is 51.2 Å². The van der Waals surface area contributed by atoms with Crippen molar-refractivity contribution in [2.75, 3.05) is 26.2 Å². The van der Waals surface area contributed by atoms with Gasteiger partial charge in [-0.25, -0.2) is 0 Å². The molecular weight excluding hydrogens is 216 g/mol. The molecule has 0 radical (unpaired) electrons. The van der Waals surface area contributed by atoms with Gasteiger partial charge in [0, 0.05) is 25.7 Å². The summed E-state index contributed by atoms with van der Waals surface area (Å²) in [6.45, 7) is 6.82. The summed E-state index contributed by atoms with van der Waals surface area (Å²) in [5.41, 5.74) is -0.603. The first kappa shape index (κ1) is 12.8. The van der Waals surface area contributed by atoms with Crippen LogP contribution in [0.3, 0.4) is 0 Å². The Kier molecular flexibility index (Phi) is 3.73. The van der Waals surface area contributed by atoms with E-state index < -0.39 is 5.60 Å². The molecule has 0 aromatic rings. The standard InChI is InChI=1S/C13H24N2O2/c1-11-5-3-4-7-15(11)12(16)9-14-8-6-13(2,17)10-14/h11,17H,3-10H2,1-2H3. The lowest BCUT2D eigenvalue weighted by Gasteiger charge is -2.34. The molecule has 0 aliphatic carbocycles. The molecule has 1 N–H and O–H groups in total. The molecule has 2 atom stereocenters. The molecule has 0 bridgehead atoms. The zero-order valence-corrected chi connectivity index (χ0v) is 11.0. The molecule has 0 saturated carbocycles. The molecule has 4 nitrogen and oxygen atoms in total. The Hall–Kier alpha value is -0.610. The lowest BCUT2D eigenvalue weighted by molar-refractivity contribution is -0.135. The van der Waals surface area contributed by atoms with E-state index in [4.69, 9.17) is 0 Å². The summed E-state index contributed by atoms with van der Waals surface area (Å²) in [4.78, 5) is 16.3. The van der Waals surface area contributed by atoms with Crippen LogP contribution in [0.15, 0.2) is 0 Å². The predicted molar refractivity (Wildman–Crippen MR) is 66.7 cm³/mol. The molecule has 2 aliphatic heterocycles. The van der Waals surface area contributed by atoms with Crippen LogP contribution in [0, 0.1) is 0 Å². The van der Waals surface area contributed by atoms with Crippen molar-refractivity contribution in [1.82, 2.24) is 9.80 Å². The maximum absolute atomic E-state index is 12.2. The number of hydrogen-bond acceptors (Lipinski definition) is 3. The molecule has 1 amide bonds. The molecule has 17 heavy (non-hydrogen) atoms. The highest BCUT2D eigenvalue weighted by atomic mass is 16.3. The summed E-state index contributed by atoms with van der Waals surface area (Å²) in [5, 5.41) is 9.87. The van der Waals surface area contributed by atoms with Crippen molar-refractivity contribution in [2.24, 2.45) is 0 Å². The summed E-state index contributed by atoms with van der Waals surface area (Å²) in [6.07, 6.45) is 4.27. The number of hydrogen-bond donors (Lipinski definition) is 1. The van der Waals surface area contributed by atoms with Gasteiger partial charge in [0.15, 0.2) is 0 Å². The van der Waals surface area contributed by atoms with Crippen LogP contribution >= 0.6 is 0 Å². The van der Waals surface area contributed by atoms with Crippen LogP contribution in [0.4, 0.5) is 0 Å². The Balaban J connectivity index is 1.84. The van der Waals surface area contributed by atoms with Crippen molar-refractivity contribution in [3.63, 3.8) is 0 Å². The second-order valence-electron chi connectivity index (χ2n) is 5.89. The largest absolute Gasteiger partial charge is 0.389 e. The van der Waals surface area contributed by atoms with Crippen LogP contribution < -0.4 is 0 Å². The van der Waals surface area contributed by atoms with Crippen LogP contribution in [-0.4, -0.2) is 58.6 Å². The van der Waals surface area contributed by atoms with Crippen LogP contribution in [0.25, 0.3) is 0 Å². The zero-order valence-electron chi connectivity index (χ0n) is 11.0. The monoisotopic (exact) mass is 240 g/mol. The van der Waals surface area contributed by atoms with E-state index >= 15 is 0 Å². The van der Waals surface area contributed by atoms with E-state index in [1.165, 1.54) is 6.42 Å². The normalized spacial score (nSPS) is 35.2. The first-order chi connectivity index (χ1) is 7.98. The minimum atomic E-state index is -0.603. The molecule has 4 heteroatoms. The molecule has 0 aromatic carbocycles. The summed E-state index contributed by atoms with van der Waals surface area (Å²) in [5.74, 6) is 0.231. The van der Waals surface area contributed by atoms with E-state index in [1.807, 2.05) is 11.8 Å². The van der Waals surface area contributed by atoms with E-state index in [0.717, 1.165) is 32.4 Å². The number of carbonyl (C=O) groups is 1. The lowest BCUT2D eigenvalue weighted by atomic mass is 10.0. The molecule has 2 unspecified atom stereocenters. The third-order valence-electron chi connectivity index (χ3n) is 4.01. The highest BCUT2D eigenvalue weighted by molar-refractivity contribution is 5.78. The SMILES string of the molecule is CC1CCCCN1C(=O)CN1CCC(C)(O)C1. The maximum Gasteiger partial charge on any atom is 0.236 e. The fourth-order valence-corrected chi connectivity index (χ4v) is 2.92. The summed E-state index contributed by atoms with van der Waals surface area (Å²) in [6, 6.07) is 0.388. The van der Waals surface area contributed by atoms with E-state index in [2.05, 4.69) is 11.8 Å². The average molecular weight is 240 g/mol. The molecule has 2 aliphatic rings. The smallest absolute Gasteiger partial charge is 0.236 e. The van der Waals surface area contributed by atoms with Gasteiger partial charge < -0.3 is 10.0 Å². The molecule has 2 saturated heterocycles. The van der Waals surface area contributed by atoms with Crippen LogP contribution in [-0.2, 0) is 4.79 Å². The zero-order chi connectivity index (χ0) is 12.5. The maximum atomic E-state index is 12.2. The van der Waals surface area contributed by atoms with Gasteiger partial charge in [0.1, 0.15) is 0 Å². The van der Waals surface area contributed by atoms with E-state index in [0.29, 0.717) is 19.1 Å². The molecule has 2 fully saturated rings. The number of piperidine rings is 1. The highest BCUT2D eigenvalue weighted by Crippen LogP contribution is 2.21. The molecule has 0 aromatic heterocycles. The van der Waals surface area contributed by atoms with Gasteiger partial charge >= 0.3 is 0 Å². The van der Waals surface area contributed by atoms with Gasteiger partial charge in [-0.3, -0.25) is 9.69 Å². The first-order valence-electron chi connectivity index (χ1n) is 6.72. The topological polar surface area (TPSA) is 43.8 Å². The minimum Gasteiger partial charge on any atom is -0.389 e. The lowest BCUT2D eigenvalue weighted by Crippen LogP contribution is -2.47. The Morgan fingerprint density at radius 2 is 2.18 bits per heavy atom. The van der Waals surface area contributed by atoms with Gasteiger partial charge in [-0.05, 0) is 39.5 Å². The quantitative estimate of drug-likeness (QED) is 0.778. The van der Waals surface area contributed by atoms with Crippen molar-refractivity contribution in [3.05, 3.63) is 0 Å². The van der Waals surface area contributed by atoms with Crippen molar-refractivity contribution in [3.8, 4) is 0 Å². The van der Waals surface area contributed by atoms with Crippen LogP contribution in [0.2, 0.25) is 0 Å². The number of β-amino-alcohol motifs (C(OH)–C–C–N with tert-alkyl or cyclic N) is 1. The Morgan fingerprint density at radius 3 is 2.76 bits per heavy atom. The molecule has 98 valence electrons. The molecule has 2 heterocycles. The third kappa shape index (κ3) is 3.19. The van der Waals surface area contributed by atoms with Crippen molar-refractivity contribution >= 4 is 5.91 Å². The van der Waals surface area contributed by atoms with Crippen molar-refractivity contribution in [1.29, 1.82) is 0 Å². The summed E-state index contributed by atoms with van der Waals surface area (Å²) < 4.78 is 0. The van der Waals surface area contributed by atoms with Crippen LogP contribution in [0.1, 0.15) is 39.5 Å². The highest BCUT2D eigenvalue weighted by Gasteiger charge is 2.33. The van der Waals surface area contributed by atoms with Gasteiger partial charge in [-0.15, -0.1) is 0 Å². The summed E-state index contributed by atoms with van der Waals surface area (Å²) in [7, 11) is 0. The van der Waals surface area contributed by atoms with E-state index in [9.17, 15) is 9.90 Å². The number of aliphatic hydroxyl groups is 1. The minimum absolute atomic E-state index is 0.231. The van der Waals surface area contributed by atoms with Crippen molar-refractivity contribution < 1.29 is 9.90 Å². The van der Waals surface area contributed by atoms with E-state index in [1.54, 1.807) is 0 Å². The fourth-order valence-electron chi connectivity index (χ4n) is 2.92. The Labute approximate surface area is 104 Å². The second kappa shape index (κ2) is 4.94. The van der Waals surface area contributed by atoms with Crippen LogP contribution in [0.5, 0.6) is 0 Å². The van der Waals surface area contributed by atoms with Gasteiger partial charge in [0.05, 0.1) is 12.1 Å². The predicted octanol–water partition coefficient (Wildman–Crippen LogP) is 0.844. The number of rotatable bonds is 2. The molecular formula is C13H24N2O2. The number of nitrogens with zero attached hydrogens (tertiary/aromatic N) is 2. The Morgan fingerprint density at radius 1 is 1.41 bits per heavy atom. The second-order valence-corrected chi connectivity index (χ2v) is 5.89. The summed E-state index contributed by atoms with van der Waals surface area (Å²) >= 11 is 0. The molecule has 2 rings (SSSR count). The first-order valence-corrected chi connectivity index (χ1v) is 6.72. The number of carbonyl (C=O) groups excluding carboxylic acids is 1. The van der Waals surface area contributed by atoms with Gasteiger partial charge in [-0.1, -0.05) is 0 Å². The molecule has 0 spiro atoms. The van der Waals surface area contributed by atoms with Gasteiger partial charge in [-0.2, -0.15) is 0 Å². The van der Waals surface area contributed by atoms with Gasteiger partial charge in [0.25, 0.3) is 0 Å². The number of likely N-dealkylation sites (tertiary alicyclic amines) is 2. The fraction of sp³-hybridized carbons (Fsp3) is 0.923. The Bertz CT molecular complexity index is 291. The third-order valence-corrected chi connectivity index (χ3v) is 4.01.